The second-order valence-electron chi connectivity index (χ2n) is 5.48. The number of sulfonamides is 1. The van der Waals surface area contributed by atoms with Crippen molar-refractivity contribution < 1.29 is 13.2 Å². The maximum absolute atomic E-state index is 13.1. The molecule has 120 valence electrons. The monoisotopic (exact) mass is 330 g/mol. The van der Waals surface area contributed by atoms with Crippen LogP contribution in [0.4, 0.5) is 11.4 Å². The van der Waals surface area contributed by atoms with Crippen molar-refractivity contribution in [1.29, 1.82) is 0 Å². The number of anilines is 2. The molecule has 1 N–H and O–H groups in total. The van der Waals surface area contributed by atoms with Gasteiger partial charge < -0.3 is 5.32 Å². The molecule has 1 heterocycles. The van der Waals surface area contributed by atoms with Gasteiger partial charge in [0.15, 0.2) is 0 Å². The molecule has 0 aromatic heterocycles. The molecule has 1 aliphatic rings. The van der Waals surface area contributed by atoms with E-state index in [0.717, 1.165) is 12.0 Å². The summed E-state index contributed by atoms with van der Waals surface area (Å²) in [6.45, 7) is 3.60. The number of hydrogen-bond donors (Lipinski definition) is 1. The van der Waals surface area contributed by atoms with Crippen LogP contribution in [0.2, 0.25) is 0 Å². The van der Waals surface area contributed by atoms with Crippen molar-refractivity contribution in [2.75, 3.05) is 9.62 Å². The van der Waals surface area contributed by atoms with Crippen LogP contribution < -0.4 is 9.62 Å². The minimum absolute atomic E-state index is 0.186. The lowest BCUT2D eigenvalue weighted by Gasteiger charge is -2.35. The number of nitrogens with one attached hydrogen (secondary N) is 1. The topological polar surface area (TPSA) is 66.5 Å². The standard InChI is InChI=1S/C17H18N2O3S/c1-3-13-8-10-14(11-9-13)23(21,22)19-12(2)17(20)18-15-6-4-5-7-16(15)19/h4-12H,3H2,1-2H3,(H,18,20). The molecule has 0 bridgehead atoms. The van der Waals surface area contributed by atoms with Crippen molar-refractivity contribution in [3.8, 4) is 0 Å². The van der Waals surface area contributed by atoms with Crippen LogP contribution in [0.1, 0.15) is 19.4 Å². The van der Waals surface area contributed by atoms with Gasteiger partial charge in [-0.3, -0.25) is 9.10 Å². The van der Waals surface area contributed by atoms with Crippen molar-refractivity contribution in [3.63, 3.8) is 0 Å². The number of fused-ring (bicyclic) bond motifs is 1. The Kier molecular flexibility index (Phi) is 3.85. The molecule has 23 heavy (non-hydrogen) atoms. The molecule has 3 rings (SSSR count). The van der Waals surface area contributed by atoms with Gasteiger partial charge in [-0.05, 0) is 43.2 Å². The number of hydrogen-bond acceptors (Lipinski definition) is 3. The molecule has 5 nitrogen and oxygen atoms in total. The molecule has 0 radical (unpaired) electrons. The summed E-state index contributed by atoms with van der Waals surface area (Å²) in [6, 6.07) is 12.9. The molecule has 0 aliphatic carbocycles. The smallest absolute Gasteiger partial charge is 0.265 e. The third-order valence-electron chi connectivity index (χ3n) is 4.02. The highest BCUT2D eigenvalue weighted by molar-refractivity contribution is 7.93. The van der Waals surface area contributed by atoms with Gasteiger partial charge in [0.25, 0.3) is 10.0 Å². The number of nitrogens with zero attached hydrogens (tertiary/aromatic N) is 1. The fraction of sp³-hybridized carbons (Fsp3) is 0.235. The van der Waals surface area contributed by atoms with E-state index in [1.807, 2.05) is 6.92 Å². The average molecular weight is 330 g/mol. The lowest BCUT2D eigenvalue weighted by Crippen LogP contribution is -2.49. The van der Waals surface area contributed by atoms with Gasteiger partial charge in [-0.2, -0.15) is 0 Å². The first-order valence-corrected chi connectivity index (χ1v) is 8.92. The van der Waals surface area contributed by atoms with E-state index in [1.54, 1.807) is 55.5 Å². The first-order valence-electron chi connectivity index (χ1n) is 7.48. The van der Waals surface area contributed by atoms with E-state index in [1.165, 1.54) is 4.31 Å². The zero-order valence-corrected chi connectivity index (χ0v) is 13.8. The first-order chi connectivity index (χ1) is 10.9. The van der Waals surface area contributed by atoms with E-state index in [4.69, 9.17) is 0 Å². The molecule has 0 saturated carbocycles. The first kappa shape index (κ1) is 15.6. The maximum Gasteiger partial charge on any atom is 0.265 e. The van der Waals surface area contributed by atoms with Crippen LogP contribution in [0.25, 0.3) is 0 Å². The lowest BCUT2D eigenvalue weighted by atomic mass is 10.1. The summed E-state index contributed by atoms with van der Waals surface area (Å²) >= 11 is 0. The van der Waals surface area contributed by atoms with E-state index in [0.29, 0.717) is 11.4 Å². The van der Waals surface area contributed by atoms with E-state index >= 15 is 0 Å². The van der Waals surface area contributed by atoms with Gasteiger partial charge in [0.1, 0.15) is 6.04 Å². The molecule has 1 amide bonds. The van der Waals surface area contributed by atoms with Crippen LogP contribution in [0.15, 0.2) is 53.4 Å². The predicted octanol–water partition coefficient (Wildman–Crippen LogP) is 2.78. The van der Waals surface area contributed by atoms with Gasteiger partial charge in [0.2, 0.25) is 5.91 Å². The van der Waals surface area contributed by atoms with Crippen molar-refractivity contribution in [1.82, 2.24) is 0 Å². The molecule has 0 fully saturated rings. The summed E-state index contributed by atoms with van der Waals surface area (Å²) < 4.78 is 27.3. The molecule has 0 saturated heterocycles. The summed E-state index contributed by atoms with van der Waals surface area (Å²) in [5.74, 6) is -0.336. The minimum atomic E-state index is -3.81. The summed E-state index contributed by atoms with van der Waals surface area (Å²) in [6.07, 6.45) is 0.839. The zero-order valence-electron chi connectivity index (χ0n) is 13.0. The molecular formula is C17H18N2O3S. The highest BCUT2D eigenvalue weighted by Gasteiger charge is 2.38. The molecule has 1 aliphatic heterocycles. The van der Waals surface area contributed by atoms with Crippen LogP contribution in [0.3, 0.4) is 0 Å². The molecular weight excluding hydrogens is 312 g/mol. The van der Waals surface area contributed by atoms with Crippen LogP contribution in [-0.2, 0) is 21.2 Å². The molecule has 2 aromatic carbocycles. The number of benzene rings is 2. The minimum Gasteiger partial charge on any atom is -0.322 e. The SMILES string of the molecule is CCc1ccc(S(=O)(=O)N2c3ccccc3NC(=O)C2C)cc1. The van der Waals surface area contributed by atoms with Gasteiger partial charge in [0, 0.05) is 0 Å². The van der Waals surface area contributed by atoms with Crippen LogP contribution in [0, 0.1) is 0 Å². The third-order valence-corrected chi connectivity index (χ3v) is 5.92. The third kappa shape index (κ3) is 2.59. The van der Waals surface area contributed by atoms with Gasteiger partial charge in [-0.15, -0.1) is 0 Å². The predicted molar refractivity (Wildman–Crippen MR) is 90.0 cm³/mol. The van der Waals surface area contributed by atoms with Gasteiger partial charge in [-0.1, -0.05) is 31.2 Å². The number of rotatable bonds is 3. The van der Waals surface area contributed by atoms with E-state index < -0.39 is 16.1 Å². The Balaban J connectivity index is 2.12. The Labute approximate surface area is 136 Å². The summed E-state index contributed by atoms with van der Waals surface area (Å²) in [7, 11) is -3.81. The number of aryl methyl sites for hydroxylation is 1. The Morgan fingerprint density at radius 3 is 2.39 bits per heavy atom. The van der Waals surface area contributed by atoms with Gasteiger partial charge >= 0.3 is 0 Å². The summed E-state index contributed by atoms with van der Waals surface area (Å²) in [4.78, 5) is 12.3. The summed E-state index contributed by atoms with van der Waals surface area (Å²) in [5.41, 5.74) is 2.05. The van der Waals surface area contributed by atoms with Gasteiger partial charge in [0.05, 0.1) is 16.3 Å². The van der Waals surface area contributed by atoms with Crippen molar-refractivity contribution in [2.45, 2.75) is 31.2 Å². The van der Waals surface area contributed by atoms with Crippen LogP contribution >= 0.6 is 0 Å². The molecule has 6 heteroatoms. The number of carbonyl (C=O) groups excluding carboxylic acids is 1. The highest BCUT2D eigenvalue weighted by Crippen LogP contribution is 2.36. The second kappa shape index (κ2) is 5.70. The molecule has 1 unspecified atom stereocenters. The summed E-state index contributed by atoms with van der Waals surface area (Å²) in [5, 5.41) is 2.74. The average Bonchev–Trinajstić information content (AvgIpc) is 2.55. The number of amides is 1. The highest BCUT2D eigenvalue weighted by atomic mass is 32.2. The Bertz CT molecular complexity index is 844. The molecule has 1 atom stereocenters. The number of carbonyl (C=O) groups is 1. The Morgan fingerprint density at radius 2 is 1.74 bits per heavy atom. The quantitative estimate of drug-likeness (QED) is 0.941. The van der Waals surface area contributed by atoms with E-state index in [9.17, 15) is 13.2 Å². The zero-order chi connectivity index (χ0) is 16.6. The van der Waals surface area contributed by atoms with Crippen LogP contribution in [0.5, 0.6) is 0 Å². The maximum atomic E-state index is 13.1. The molecule has 0 spiro atoms. The van der Waals surface area contributed by atoms with E-state index in [-0.39, 0.29) is 10.8 Å². The second-order valence-corrected chi connectivity index (χ2v) is 7.30. The normalized spacial score (nSPS) is 17.6. The fourth-order valence-corrected chi connectivity index (χ4v) is 4.31. The largest absolute Gasteiger partial charge is 0.322 e. The van der Waals surface area contributed by atoms with Crippen molar-refractivity contribution in [2.24, 2.45) is 0 Å². The number of para-hydroxylation sites is 2. The van der Waals surface area contributed by atoms with Crippen molar-refractivity contribution >= 4 is 27.3 Å². The van der Waals surface area contributed by atoms with Crippen LogP contribution in [-0.4, -0.2) is 20.4 Å². The fourth-order valence-electron chi connectivity index (χ4n) is 2.67. The van der Waals surface area contributed by atoms with Gasteiger partial charge in [-0.25, -0.2) is 8.42 Å². The molecule has 2 aromatic rings. The Morgan fingerprint density at radius 1 is 1.09 bits per heavy atom. The van der Waals surface area contributed by atoms with E-state index in [2.05, 4.69) is 5.32 Å². The van der Waals surface area contributed by atoms with Crippen molar-refractivity contribution in [3.05, 3.63) is 54.1 Å². The Hall–Kier alpha value is -2.34. The lowest BCUT2D eigenvalue weighted by molar-refractivity contribution is -0.117.